The number of carboxylic acids is 1. The summed E-state index contributed by atoms with van der Waals surface area (Å²) < 4.78 is 0. The van der Waals surface area contributed by atoms with Crippen molar-refractivity contribution in [3.05, 3.63) is 36.0 Å². The number of rotatable bonds is 15. The number of thioether (sulfide) groups is 1. The molecule has 0 fully saturated rings. The maximum Gasteiger partial charge on any atom is 0.326 e. The molecule has 4 atom stereocenters. The van der Waals surface area contributed by atoms with Gasteiger partial charge in [0.25, 0.3) is 0 Å². The number of carbonyl (C=O) groups is 5. The van der Waals surface area contributed by atoms with Crippen LogP contribution >= 0.6 is 11.8 Å². The van der Waals surface area contributed by atoms with Crippen molar-refractivity contribution in [1.82, 2.24) is 20.9 Å². The van der Waals surface area contributed by atoms with E-state index in [0.29, 0.717) is 5.75 Å². The second-order valence-electron chi connectivity index (χ2n) is 9.31. The highest BCUT2D eigenvalue weighted by molar-refractivity contribution is 7.98. The fourth-order valence-electron chi connectivity index (χ4n) is 3.86. The largest absolute Gasteiger partial charge is 0.480 e. The van der Waals surface area contributed by atoms with Gasteiger partial charge in [0.1, 0.15) is 18.1 Å². The molecule has 12 nitrogen and oxygen atoms in total. The first-order valence-corrected chi connectivity index (χ1v) is 13.6. The lowest BCUT2D eigenvalue weighted by Gasteiger charge is -2.27. The molecular formula is C25H36N6O6S. The molecule has 0 radical (unpaired) electrons. The summed E-state index contributed by atoms with van der Waals surface area (Å²) in [5.74, 6) is -3.89. The van der Waals surface area contributed by atoms with Gasteiger partial charge in [0.15, 0.2) is 0 Å². The number of aromatic amines is 1. The molecule has 1 aromatic carbocycles. The number of nitrogens with two attached hydrogens (primary N) is 2. The van der Waals surface area contributed by atoms with E-state index in [-0.39, 0.29) is 12.8 Å². The molecule has 4 amide bonds. The van der Waals surface area contributed by atoms with Gasteiger partial charge in [0, 0.05) is 23.5 Å². The van der Waals surface area contributed by atoms with Gasteiger partial charge in [-0.15, -0.1) is 0 Å². The molecular weight excluding hydrogens is 512 g/mol. The van der Waals surface area contributed by atoms with E-state index in [4.69, 9.17) is 11.5 Å². The summed E-state index contributed by atoms with van der Waals surface area (Å²) in [5, 5.41) is 18.2. The second kappa shape index (κ2) is 14.4. The molecule has 13 heteroatoms. The second-order valence-corrected chi connectivity index (χ2v) is 10.3. The lowest BCUT2D eigenvalue weighted by atomic mass is 10.00. The van der Waals surface area contributed by atoms with Crippen molar-refractivity contribution in [2.24, 2.45) is 17.4 Å². The molecule has 2 aromatic rings. The van der Waals surface area contributed by atoms with Crippen LogP contribution in [0.2, 0.25) is 0 Å². The van der Waals surface area contributed by atoms with Gasteiger partial charge in [-0.2, -0.15) is 11.8 Å². The molecule has 9 N–H and O–H groups in total. The van der Waals surface area contributed by atoms with Crippen molar-refractivity contribution in [3.8, 4) is 0 Å². The molecule has 0 saturated heterocycles. The van der Waals surface area contributed by atoms with E-state index in [1.165, 1.54) is 11.8 Å². The highest BCUT2D eigenvalue weighted by Crippen LogP contribution is 2.19. The fraction of sp³-hybridized carbons (Fsp3) is 0.480. The van der Waals surface area contributed by atoms with Crippen LogP contribution in [-0.4, -0.2) is 75.9 Å². The summed E-state index contributed by atoms with van der Waals surface area (Å²) in [4.78, 5) is 65.0. The number of fused-ring (bicyclic) bond motifs is 1. The summed E-state index contributed by atoms with van der Waals surface area (Å²) in [6.07, 6.45) is 3.44. The highest BCUT2D eigenvalue weighted by Gasteiger charge is 2.32. The number of aromatic nitrogens is 1. The number of H-pyrrole nitrogens is 1. The molecule has 0 aliphatic carbocycles. The van der Waals surface area contributed by atoms with E-state index in [2.05, 4.69) is 20.9 Å². The average molecular weight is 549 g/mol. The van der Waals surface area contributed by atoms with Crippen LogP contribution in [0.1, 0.15) is 32.3 Å². The van der Waals surface area contributed by atoms with Crippen LogP contribution in [0.5, 0.6) is 0 Å². The summed E-state index contributed by atoms with van der Waals surface area (Å²) in [7, 11) is 0. The minimum absolute atomic E-state index is 0.0659. The smallest absolute Gasteiger partial charge is 0.326 e. The van der Waals surface area contributed by atoms with Crippen LogP contribution in [0.4, 0.5) is 0 Å². The predicted molar refractivity (Wildman–Crippen MR) is 145 cm³/mol. The summed E-state index contributed by atoms with van der Waals surface area (Å²) in [6.45, 7) is 3.39. The first kappa shape index (κ1) is 30.6. The molecule has 0 aliphatic heterocycles. The molecule has 0 aliphatic rings. The van der Waals surface area contributed by atoms with Gasteiger partial charge < -0.3 is 37.5 Å². The van der Waals surface area contributed by atoms with E-state index in [1.54, 1.807) is 20.0 Å². The molecule has 0 saturated carbocycles. The maximum atomic E-state index is 13.3. The number of primary amides is 1. The molecule has 0 spiro atoms. The van der Waals surface area contributed by atoms with E-state index in [0.717, 1.165) is 16.5 Å². The van der Waals surface area contributed by atoms with Gasteiger partial charge in [-0.05, 0) is 36.0 Å². The van der Waals surface area contributed by atoms with Gasteiger partial charge in [0.2, 0.25) is 23.6 Å². The van der Waals surface area contributed by atoms with E-state index in [1.807, 2.05) is 30.5 Å². The molecule has 208 valence electrons. The van der Waals surface area contributed by atoms with Crippen molar-refractivity contribution in [1.29, 1.82) is 0 Å². The number of benzene rings is 1. The standard InChI is InChI=1S/C25H36N6O6S/c1-13(2)21(31-22(33)16(26)11-20(27)32)24(35)30-19(23(34)29-18(25(36)37)8-9-38-3)10-14-12-28-17-7-5-4-6-15(14)17/h4-7,12-13,16,18-19,21,28H,8-11,26H2,1-3H3,(H2,27,32)(H,29,34)(H,30,35)(H,31,33)(H,36,37). The van der Waals surface area contributed by atoms with Gasteiger partial charge in [-0.3, -0.25) is 19.2 Å². The van der Waals surface area contributed by atoms with E-state index in [9.17, 15) is 29.1 Å². The molecule has 2 rings (SSSR count). The maximum absolute atomic E-state index is 13.3. The van der Waals surface area contributed by atoms with Crippen molar-refractivity contribution in [2.45, 2.75) is 57.3 Å². The van der Waals surface area contributed by atoms with Gasteiger partial charge in [-0.25, -0.2) is 4.79 Å². The number of aliphatic carboxylic acids is 1. The van der Waals surface area contributed by atoms with Gasteiger partial charge >= 0.3 is 5.97 Å². The predicted octanol–water partition coefficient (Wildman–Crippen LogP) is -0.139. The topological polar surface area (TPSA) is 210 Å². The van der Waals surface area contributed by atoms with Crippen molar-refractivity contribution >= 4 is 52.3 Å². The fourth-order valence-corrected chi connectivity index (χ4v) is 4.33. The Morgan fingerprint density at radius 3 is 2.26 bits per heavy atom. The number of carboxylic acid groups (broad SMARTS) is 1. The Labute approximate surface area is 225 Å². The molecule has 38 heavy (non-hydrogen) atoms. The zero-order chi connectivity index (χ0) is 28.4. The number of amides is 4. The minimum atomic E-state index is -1.24. The Hall–Kier alpha value is -3.58. The third-order valence-electron chi connectivity index (χ3n) is 5.96. The lowest BCUT2D eigenvalue weighted by molar-refractivity contribution is -0.142. The number of carbonyl (C=O) groups excluding carboxylic acids is 4. The molecule has 4 unspecified atom stereocenters. The Morgan fingerprint density at radius 1 is 1.00 bits per heavy atom. The first-order chi connectivity index (χ1) is 17.9. The quantitative estimate of drug-likeness (QED) is 0.159. The summed E-state index contributed by atoms with van der Waals surface area (Å²) in [5.41, 5.74) is 12.4. The Kier molecular flexibility index (Phi) is 11.6. The monoisotopic (exact) mass is 548 g/mol. The molecule has 1 heterocycles. The van der Waals surface area contributed by atoms with Crippen LogP contribution in [-0.2, 0) is 30.4 Å². The van der Waals surface area contributed by atoms with Gasteiger partial charge in [0.05, 0.1) is 12.5 Å². The van der Waals surface area contributed by atoms with Crippen LogP contribution in [0.3, 0.4) is 0 Å². The van der Waals surface area contributed by atoms with E-state index >= 15 is 0 Å². The number of hydrogen-bond donors (Lipinski definition) is 7. The third kappa shape index (κ3) is 8.77. The lowest BCUT2D eigenvalue weighted by Crippen LogP contribution is -2.59. The third-order valence-corrected chi connectivity index (χ3v) is 6.61. The Bertz CT molecular complexity index is 1150. The van der Waals surface area contributed by atoms with E-state index < -0.39 is 66.1 Å². The zero-order valence-corrected chi connectivity index (χ0v) is 22.5. The first-order valence-electron chi connectivity index (χ1n) is 12.2. The average Bonchev–Trinajstić information content (AvgIpc) is 3.26. The highest BCUT2D eigenvalue weighted by atomic mass is 32.2. The molecule has 0 bridgehead atoms. The minimum Gasteiger partial charge on any atom is -0.480 e. The zero-order valence-electron chi connectivity index (χ0n) is 21.7. The number of hydrogen-bond acceptors (Lipinski definition) is 7. The van der Waals surface area contributed by atoms with Crippen LogP contribution < -0.4 is 27.4 Å². The SMILES string of the molecule is CSCCC(NC(=O)C(Cc1c[nH]c2ccccc12)NC(=O)C(NC(=O)C(N)CC(N)=O)C(C)C)C(=O)O. The Balaban J connectivity index is 2.29. The van der Waals surface area contributed by atoms with Crippen LogP contribution in [0.15, 0.2) is 30.5 Å². The Morgan fingerprint density at radius 2 is 1.66 bits per heavy atom. The normalized spacial score (nSPS) is 14.3. The molecule has 1 aromatic heterocycles. The van der Waals surface area contributed by atoms with Crippen LogP contribution in [0, 0.1) is 5.92 Å². The van der Waals surface area contributed by atoms with Crippen molar-refractivity contribution < 1.29 is 29.1 Å². The van der Waals surface area contributed by atoms with Crippen molar-refractivity contribution in [3.63, 3.8) is 0 Å². The van der Waals surface area contributed by atoms with Crippen LogP contribution in [0.25, 0.3) is 10.9 Å². The number of nitrogens with one attached hydrogen (secondary N) is 4. The van der Waals surface area contributed by atoms with Gasteiger partial charge in [-0.1, -0.05) is 32.0 Å². The summed E-state index contributed by atoms with van der Waals surface area (Å²) in [6, 6.07) is 2.85. The summed E-state index contributed by atoms with van der Waals surface area (Å²) >= 11 is 1.45. The van der Waals surface area contributed by atoms with Crippen molar-refractivity contribution in [2.75, 3.05) is 12.0 Å². The number of para-hydroxylation sites is 1.